The van der Waals surface area contributed by atoms with E-state index < -0.39 is 28.5 Å². The van der Waals surface area contributed by atoms with Crippen LogP contribution >= 0.6 is 23.2 Å². The lowest BCUT2D eigenvalue weighted by Gasteiger charge is -2.33. The first kappa shape index (κ1) is 32.4. The van der Waals surface area contributed by atoms with E-state index in [1.54, 1.807) is 55.5 Å². The van der Waals surface area contributed by atoms with E-state index in [0.29, 0.717) is 53.3 Å². The predicted octanol–water partition coefficient (Wildman–Crippen LogP) is 5.68. The Kier molecular flexibility index (Phi) is 11.2. The van der Waals surface area contributed by atoms with Crippen LogP contribution in [0.4, 0.5) is 5.69 Å². The summed E-state index contributed by atoms with van der Waals surface area (Å²) >= 11 is 12.6. The second-order valence-electron chi connectivity index (χ2n) is 9.98. The van der Waals surface area contributed by atoms with Gasteiger partial charge in [-0.3, -0.25) is 13.9 Å². The molecule has 0 unspecified atom stereocenters. The fraction of sp³-hybridized carbons (Fsp3) is 0.355. The van der Waals surface area contributed by atoms with Crippen molar-refractivity contribution in [2.45, 2.75) is 50.6 Å². The van der Waals surface area contributed by atoms with Crippen molar-refractivity contribution in [1.82, 2.24) is 10.2 Å². The molecule has 1 heterocycles. The molecule has 43 heavy (non-hydrogen) atoms. The van der Waals surface area contributed by atoms with Crippen molar-refractivity contribution in [3.63, 3.8) is 0 Å². The minimum Gasteiger partial charge on any atom is -0.486 e. The van der Waals surface area contributed by atoms with Crippen LogP contribution in [0.2, 0.25) is 10.0 Å². The third-order valence-corrected chi connectivity index (χ3v) is 9.37. The highest BCUT2D eigenvalue weighted by Crippen LogP contribution is 2.36. The number of nitrogens with zero attached hydrogens (tertiary/aromatic N) is 2. The largest absolute Gasteiger partial charge is 0.486 e. The van der Waals surface area contributed by atoms with Gasteiger partial charge in [0.15, 0.2) is 11.5 Å². The maximum Gasteiger partial charge on any atom is 0.264 e. The molecule has 1 aliphatic heterocycles. The Balaban J connectivity index is 1.75. The first-order chi connectivity index (χ1) is 20.6. The third kappa shape index (κ3) is 7.93. The first-order valence-electron chi connectivity index (χ1n) is 14.1. The molecular formula is C31H35Cl2N3O6S. The number of benzene rings is 3. The van der Waals surface area contributed by atoms with Crippen LogP contribution in [0.5, 0.6) is 11.5 Å². The van der Waals surface area contributed by atoms with Gasteiger partial charge < -0.3 is 19.7 Å². The number of ether oxygens (including phenoxy) is 2. The summed E-state index contributed by atoms with van der Waals surface area (Å²) < 4.78 is 40.4. The van der Waals surface area contributed by atoms with E-state index in [4.69, 9.17) is 32.7 Å². The first-order valence-corrected chi connectivity index (χ1v) is 16.3. The zero-order chi connectivity index (χ0) is 31.0. The molecular weight excluding hydrogens is 613 g/mol. The highest BCUT2D eigenvalue weighted by molar-refractivity contribution is 7.92. The summed E-state index contributed by atoms with van der Waals surface area (Å²) in [6.45, 7) is 4.34. The molecule has 3 aromatic rings. The summed E-state index contributed by atoms with van der Waals surface area (Å²) in [6.07, 6.45) is 1.97. The lowest BCUT2D eigenvalue weighted by Crippen LogP contribution is -2.52. The van der Waals surface area contributed by atoms with Gasteiger partial charge in [0.05, 0.1) is 10.6 Å². The number of rotatable bonds is 13. The molecule has 230 valence electrons. The zero-order valence-electron chi connectivity index (χ0n) is 24.1. The molecule has 0 aromatic heterocycles. The lowest BCUT2D eigenvalue weighted by atomic mass is 10.1. The molecule has 0 bridgehead atoms. The van der Waals surface area contributed by atoms with E-state index in [1.807, 2.05) is 6.92 Å². The van der Waals surface area contributed by atoms with Crippen molar-refractivity contribution in [1.29, 1.82) is 0 Å². The number of amides is 2. The third-order valence-electron chi connectivity index (χ3n) is 7.00. The van der Waals surface area contributed by atoms with E-state index >= 15 is 0 Å². The van der Waals surface area contributed by atoms with Crippen LogP contribution in [0.15, 0.2) is 71.6 Å². The van der Waals surface area contributed by atoms with Crippen LogP contribution in [-0.4, -0.2) is 57.5 Å². The van der Waals surface area contributed by atoms with Gasteiger partial charge in [0, 0.05) is 29.2 Å². The predicted molar refractivity (Wildman–Crippen MR) is 167 cm³/mol. The molecule has 1 N–H and O–H groups in total. The van der Waals surface area contributed by atoms with Gasteiger partial charge in [-0.2, -0.15) is 0 Å². The van der Waals surface area contributed by atoms with Crippen molar-refractivity contribution in [2.75, 3.05) is 30.6 Å². The van der Waals surface area contributed by atoms with Gasteiger partial charge in [-0.1, -0.05) is 67.7 Å². The van der Waals surface area contributed by atoms with E-state index in [2.05, 4.69) is 5.32 Å². The average molecular weight is 649 g/mol. The Hall–Kier alpha value is -3.47. The number of hydrogen-bond donors (Lipinski definition) is 1. The van der Waals surface area contributed by atoms with E-state index in [9.17, 15) is 18.0 Å². The fourth-order valence-corrected chi connectivity index (χ4v) is 6.59. The number of anilines is 1. The SMILES string of the molecule is CCCCNC(=O)[C@@H](CC)N(Cc1ccc(Cl)cc1Cl)C(=O)CN(c1ccc2c(c1)OCCO2)S(=O)(=O)c1ccccc1. The second kappa shape index (κ2) is 14.8. The Morgan fingerprint density at radius 2 is 1.67 bits per heavy atom. The molecule has 0 spiro atoms. The zero-order valence-corrected chi connectivity index (χ0v) is 26.4. The average Bonchev–Trinajstić information content (AvgIpc) is 3.01. The molecule has 0 aliphatic carbocycles. The van der Waals surface area contributed by atoms with Crippen LogP contribution in [0.3, 0.4) is 0 Å². The molecule has 0 radical (unpaired) electrons. The van der Waals surface area contributed by atoms with Gasteiger partial charge in [0.2, 0.25) is 11.8 Å². The van der Waals surface area contributed by atoms with Gasteiger partial charge >= 0.3 is 0 Å². The fourth-order valence-electron chi connectivity index (χ4n) is 4.69. The Morgan fingerprint density at radius 1 is 0.953 bits per heavy atom. The Morgan fingerprint density at radius 3 is 2.35 bits per heavy atom. The molecule has 9 nitrogen and oxygen atoms in total. The van der Waals surface area contributed by atoms with Gasteiger partial charge in [0.25, 0.3) is 10.0 Å². The minimum atomic E-state index is -4.22. The van der Waals surface area contributed by atoms with E-state index in [-0.39, 0.29) is 23.0 Å². The van der Waals surface area contributed by atoms with Crippen LogP contribution < -0.4 is 19.1 Å². The van der Waals surface area contributed by atoms with Gasteiger partial charge in [-0.15, -0.1) is 0 Å². The van der Waals surface area contributed by atoms with Crippen LogP contribution in [0.25, 0.3) is 0 Å². The van der Waals surface area contributed by atoms with Crippen molar-refractivity contribution in [2.24, 2.45) is 0 Å². The number of carbonyl (C=O) groups excluding carboxylic acids is 2. The summed E-state index contributed by atoms with van der Waals surface area (Å²) in [5, 5.41) is 3.66. The monoisotopic (exact) mass is 647 g/mol. The molecule has 3 aromatic carbocycles. The summed E-state index contributed by atoms with van der Waals surface area (Å²) in [5.41, 5.74) is 0.780. The number of fused-ring (bicyclic) bond motifs is 1. The molecule has 1 atom stereocenters. The normalized spacial score (nSPS) is 13.2. The number of carbonyl (C=O) groups is 2. The van der Waals surface area contributed by atoms with Gasteiger partial charge in [0.1, 0.15) is 25.8 Å². The maximum atomic E-state index is 14.2. The number of nitrogens with one attached hydrogen (secondary N) is 1. The quantitative estimate of drug-likeness (QED) is 0.239. The number of unbranched alkanes of at least 4 members (excludes halogenated alkanes) is 1. The molecule has 0 saturated heterocycles. The van der Waals surface area contributed by atoms with Crippen molar-refractivity contribution < 1.29 is 27.5 Å². The minimum absolute atomic E-state index is 0.00864. The molecule has 0 fully saturated rings. The summed E-state index contributed by atoms with van der Waals surface area (Å²) in [7, 11) is -4.22. The standard InChI is InChI=1S/C31H35Cl2N3O6S/c1-3-5-15-34-31(38)27(4-2)35(20-22-11-12-23(32)18-26(22)33)30(37)21-36(43(39,40)25-9-7-6-8-10-25)24-13-14-28-29(19-24)42-17-16-41-28/h6-14,18-19,27H,3-5,15-17,20-21H2,1-2H3,(H,34,38)/t27-/m1/s1. The van der Waals surface area contributed by atoms with Gasteiger partial charge in [-0.05, 0) is 54.8 Å². The lowest BCUT2D eigenvalue weighted by molar-refractivity contribution is -0.140. The number of halogens is 2. The van der Waals surface area contributed by atoms with Gasteiger partial charge in [-0.25, -0.2) is 8.42 Å². The maximum absolute atomic E-state index is 14.2. The molecule has 0 saturated carbocycles. The van der Waals surface area contributed by atoms with Crippen molar-refractivity contribution >= 4 is 50.7 Å². The van der Waals surface area contributed by atoms with Crippen molar-refractivity contribution in [3.8, 4) is 11.5 Å². The summed E-state index contributed by atoms with van der Waals surface area (Å²) in [5.74, 6) is -0.0627. The van der Waals surface area contributed by atoms with Crippen LogP contribution in [0.1, 0.15) is 38.7 Å². The van der Waals surface area contributed by atoms with E-state index in [1.165, 1.54) is 23.1 Å². The smallest absolute Gasteiger partial charge is 0.264 e. The number of sulfonamides is 1. The highest BCUT2D eigenvalue weighted by atomic mass is 35.5. The topological polar surface area (TPSA) is 105 Å². The number of hydrogen-bond acceptors (Lipinski definition) is 6. The second-order valence-corrected chi connectivity index (χ2v) is 12.7. The molecule has 4 rings (SSSR count). The van der Waals surface area contributed by atoms with Crippen LogP contribution in [-0.2, 0) is 26.2 Å². The molecule has 2 amide bonds. The highest BCUT2D eigenvalue weighted by Gasteiger charge is 2.34. The summed E-state index contributed by atoms with van der Waals surface area (Å²) in [6, 6.07) is 16.6. The Labute approximate surface area is 262 Å². The molecule has 12 heteroatoms. The summed E-state index contributed by atoms with van der Waals surface area (Å²) in [4.78, 5) is 28.9. The van der Waals surface area contributed by atoms with E-state index in [0.717, 1.165) is 17.1 Å². The van der Waals surface area contributed by atoms with Crippen molar-refractivity contribution in [3.05, 3.63) is 82.3 Å². The van der Waals surface area contributed by atoms with Crippen LogP contribution in [0, 0.1) is 0 Å². The Bertz CT molecular complexity index is 1540. The molecule has 1 aliphatic rings.